The first-order chi connectivity index (χ1) is 11.2. The number of nitrogens with zero attached hydrogens (tertiary/aromatic N) is 1. The first-order valence-corrected chi connectivity index (χ1v) is 7.98. The van der Waals surface area contributed by atoms with Crippen LogP contribution in [0.25, 0.3) is 11.3 Å². The van der Waals surface area contributed by atoms with Crippen LogP contribution in [0.3, 0.4) is 0 Å². The van der Waals surface area contributed by atoms with Crippen LogP contribution in [0, 0.1) is 5.82 Å². The molecule has 0 radical (unpaired) electrons. The number of amides is 1. The van der Waals surface area contributed by atoms with Gasteiger partial charge in [-0.25, -0.2) is 9.37 Å². The van der Waals surface area contributed by atoms with Gasteiger partial charge in [-0.2, -0.15) is 0 Å². The van der Waals surface area contributed by atoms with E-state index in [2.05, 4.69) is 15.6 Å². The quantitative estimate of drug-likeness (QED) is 0.891. The molecule has 1 aromatic carbocycles. The molecule has 0 aliphatic carbocycles. The summed E-state index contributed by atoms with van der Waals surface area (Å²) in [5, 5.41) is 8.03. The molecular weight excluding hydrogens is 321 g/mol. The minimum Gasteiger partial charge on any atom is -0.494 e. The standard InChI is InChI=1S/C15H16FN3O3S/c1-21-12-3-2-9(6-10(12)16)11-8-23-15(18-11)19-14(20)13-7-17-4-5-22-13/h2-3,6,8,13,17H,4-5,7H2,1H3,(H,18,19,20)/t13-/m1/s1. The number of aromatic nitrogens is 1. The molecule has 122 valence electrons. The molecule has 8 heteroatoms. The van der Waals surface area contributed by atoms with Gasteiger partial charge < -0.3 is 14.8 Å². The van der Waals surface area contributed by atoms with E-state index in [0.29, 0.717) is 29.5 Å². The Balaban J connectivity index is 1.70. The Hall–Kier alpha value is -2.03. The van der Waals surface area contributed by atoms with Gasteiger partial charge in [0.2, 0.25) is 0 Å². The van der Waals surface area contributed by atoms with Crippen molar-refractivity contribution in [2.75, 3.05) is 32.1 Å². The van der Waals surface area contributed by atoms with Crippen LogP contribution in [-0.2, 0) is 9.53 Å². The lowest BCUT2D eigenvalue weighted by molar-refractivity contribution is -0.128. The van der Waals surface area contributed by atoms with Crippen LogP contribution >= 0.6 is 11.3 Å². The molecule has 1 aromatic heterocycles. The maximum absolute atomic E-state index is 13.8. The second-order valence-corrected chi connectivity index (χ2v) is 5.80. The minimum atomic E-state index is -0.519. The summed E-state index contributed by atoms with van der Waals surface area (Å²) in [6, 6.07) is 4.62. The van der Waals surface area contributed by atoms with Gasteiger partial charge >= 0.3 is 0 Å². The highest BCUT2D eigenvalue weighted by Gasteiger charge is 2.22. The number of thiazole rings is 1. The number of benzene rings is 1. The van der Waals surface area contributed by atoms with Crippen LogP contribution in [0.5, 0.6) is 5.75 Å². The number of rotatable bonds is 4. The number of ether oxygens (including phenoxy) is 2. The molecule has 1 atom stereocenters. The number of carbonyl (C=O) groups excluding carboxylic acids is 1. The lowest BCUT2D eigenvalue weighted by atomic mass is 10.1. The summed E-state index contributed by atoms with van der Waals surface area (Å²) in [4.78, 5) is 16.4. The Bertz CT molecular complexity index is 701. The molecule has 1 aliphatic heterocycles. The molecule has 3 rings (SSSR count). The lowest BCUT2D eigenvalue weighted by Crippen LogP contribution is -2.45. The number of morpholine rings is 1. The highest BCUT2D eigenvalue weighted by molar-refractivity contribution is 7.14. The number of hydrogen-bond acceptors (Lipinski definition) is 6. The van der Waals surface area contributed by atoms with E-state index in [1.807, 2.05) is 0 Å². The third-order valence-corrected chi connectivity index (χ3v) is 4.16. The van der Waals surface area contributed by atoms with E-state index in [9.17, 15) is 9.18 Å². The Morgan fingerprint density at radius 1 is 1.57 bits per heavy atom. The molecule has 0 bridgehead atoms. The molecule has 1 aliphatic rings. The van der Waals surface area contributed by atoms with Crippen LogP contribution in [0.2, 0.25) is 0 Å². The number of carbonyl (C=O) groups is 1. The molecular formula is C15H16FN3O3S. The maximum Gasteiger partial charge on any atom is 0.256 e. The number of anilines is 1. The number of methoxy groups -OCH3 is 1. The average molecular weight is 337 g/mol. The zero-order valence-corrected chi connectivity index (χ0v) is 13.3. The summed E-state index contributed by atoms with van der Waals surface area (Å²) in [5.74, 6) is -0.510. The summed E-state index contributed by atoms with van der Waals surface area (Å²) in [6.07, 6.45) is -0.519. The monoisotopic (exact) mass is 337 g/mol. The largest absolute Gasteiger partial charge is 0.494 e. The SMILES string of the molecule is COc1ccc(-c2csc(NC(=O)[C@H]3CNCCO3)n2)cc1F. The summed E-state index contributed by atoms with van der Waals surface area (Å²) in [6.45, 7) is 1.73. The fourth-order valence-corrected chi connectivity index (χ4v) is 2.93. The number of halogens is 1. The van der Waals surface area contributed by atoms with Crippen molar-refractivity contribution >= 4 is 22.4 Å². The van der Waals surface area contributed by atoms with Crippen molar-refractivity contribution < 1.29 is 18.7 Å². The van der Waals surface area contributed by atoms with E-state index in [1.165, 1.54) is 24.5 Å². The van der Waals surface area contributed by atoms with Crippen LogP contribution in [-0.4, -0.2) is 43.8 Å². The van der Waals surface area contributed by atoms with Crippen molar-refractivity contribution in [1.29, 1.82) is 0 Å². The van der Waals surface area contributed by atoms with Crippen molar-refractivity contribution in [3.8, 4) is 17.0 Å². The lowest BCUT2D eigenvalue weighted by Gasteiger charge is -2.22. The highest BCUT2D eigenvalue weighted by atomic mass is 32.1. The normalized spacial score (nSPS) is 17.7. The second kappa shape index (κ2) is 7.03. The van der Waals surface area contributed by atoms with Gasteiger partial charge in [-0.1, -0.05) is 0 Å². The number of hydrogen-bond donors (Lipinski definition) is 2. The summed E-state index contributed by atoms with van der Waals surface area (Å²) in [7, 11) is 1.41. The van der Waals surface area contributed by atoms with E-state index in [-0.39, 0.29) is 11.7 Å². The molecule has 0 spiro atoms. The van der Waals surface area contributed by atoms with Gasteiger partial charge in [-0.05, 0) is 18.2 Å². The molecule has 2 N–H and O–H groups in total. The van der Waals surface area contributed by atoms with Gasteiger partial charge in [-0.15, -0.1) is 11.3 Å². The van der Waals surface area contributed by atoms with Gasteiger partial charge in [0.25, 0.3) is 5.91 Å². The van der Waals surface area contributed by atoms with Gasteiger partial charge in [-0.3, -0.25) is 10.1 Å². The van der Waals surface area contributed by atoms with Gasteiger partial charge in [0.05, 0.1) is 19.4 Å². The molecule has 23 heavy (non-hydrogen) atoms. The molecule has 2 aromatic rings. The Morgan fingerprint density at radius 2 is 2.43 bits per heavy atom. The van der Waals surface area contributed by atoms with E-state index >= 15 is 0 Å². The third-order valence-electron chi connectivity index (χ3n) is 3.40. The molecule has 1 saturated heterocycles. The topological polar surface area (TPSA) is 72.5 Å². The summed E-state index contributed by atoms with van der Waals surface area (Å²) in [5.41, 5.74) is 1.21. The molecule has 6 nitrogen and oxygen atoms in total. The zero-order chi connectivity index (χ0) is 16.2. The first-order valence-electron chi connectivity index (χ1n) is 7.10. The summed E-state index contributed by atoms with van der Waals surface area (Å²) >= 11 is 1.28. The third kappa shape index (κ3) is 3.66. The van der Waals surface area contributed by atoms with Gasteiger partial charge in [0.1, 0.15) is 6.10 Å². The molecule has 0 saturated carbocycles. The van der Waals surface area contributed by atoms with Crippen LogP contribution in [0.15, 0.2) is 23.6 Å². The molecule has 2 heterocycles. The number of nitrogens with one attached hydrogen (secondary N) is 2. The average Bonchev–Trinajstić information content (AvgIpc) is 3.04. The maximum atomic E-state index is 13.8. The fraction of sp³-hybridized carbons (Fsp3) is 0.333. The van der Waals surface area contributed by atoms with E-state index in [1.54, 1.807) is 17.5 Å². The van der Waals surface area contributed by atoms with Crippen molar-refractivity contribution in [2.45, 2.75) is 6.10 Å². The van der Waals surface area contributed by atoms with Crippen molar-refractivity contribution in [1.82, 2.24) is 10.3 Å². The van der Waals surface area contributed by atoms with E-state index < -0.39 is 11.9 Å². The highest BCUT2D eigenvalue weighted by Crippen LogP contribution is 2.28. The Kier molecular flexibility index (Phi) is 4.85. The second-order valence-electron chi connectivity index (χ2n) is 4.94. The molecule has 1 fully saturated rings. The smallest absolute Gasteiger partial charge is 0.256 e. The summed E-state index contributed by atoms with van der Waals surface area (Å²) < 4.78 is 24.0. The van der Waals surface area contributed by atoms with Crippen LogP contribution < -0.4 is 15.4 Å². The van der Waals surface area contributed by atoms with E-state index in [0.717, 1.165) is 6.54 Å². The predicted octanol–water partition coefficient (Wildman–Crippen LogP) is 1.88. The molecule has 0 unspecified atom stereocenters. The van der Waals surface area contributed by atoms with Crippen molar-refractivity contribution in [3.63, 3.8) is 0 Å². The van der Waals surface area contributed by atoms with Gasteiger partial charge in [0.15, 0.2) is 16.7 Å². The Morgan fingerprint density at radius 3 is 3.13 bits per heavy atom. The first kappa shape index (κ1) is 15.9. The van der Waals surface area contributed by atoms with E-state index in [4.69, 9.17) is 9.47 Å². The predicted molar refractivity (Wildman–Crippen MR) is 85.3 cm³/mol. The fourth-order valence-electron chi connectivity index (χ4n) is 2.21. The minimum absolute atomic E-state index is 0.180. The zero-order valence-electron chi connectivity index (χ0n) is 12.5. The van der Waals surface area contributed by atoms with Crippen molar-refractivity contribution in [2.24, 2.45) is 0 Å². The van der Waals surface area contributed by atoms with Crippen LogP contribution in [0.1, 0.15) is 0 Å². The van der Waals surface area contributed by atoms with Crippen molar-refractivity contribution in [3.05, 3.63) is 29.4 Å². The Labute approximate surface area is 136 Å². The van der Waals surface area contributed by atoms with Crippen LogP contribution in [0.4, 0.5) is 9.52 Å². The van der Waals surface area contributed by atoms with Gasteiger partial charge in [0, 0.05) is 24.0 Å². The molecule has 1 amide bonds.